The Labute approximate surface area is 107 Å². The van der Waals surface area contributed by atoms with E-state index in [-0.39, 0.29) is 0 Å². The summed E-state index contributed by atoms with van der Waals surface area (Å²) in [6.07, 6.45) is 0. The molecule has 0 spiro atoms. The molecule has 0 unspecified atom stereocenters. The van der Waals surface area contributed by atoms with Crippen molar-refractivity contribution in [2.45, 2.75) is 20.4 Å². The lowest BCUT2D eigenvalue weighted by molar-refractivity contribution is 0.921. The Kier molecular flexibility index (Phi) is 3.58. The Hall–Kier alpha value is -1.94. The third-order valence-corrected chi connectivity index (χ3v) is 2.88. The average Bonchev–Trinajstić information content (AvgIpc) is 2.37. The molecule has 0 fully saturated rings. The smallest absolute Gasteiger partial charge is 0.230 e. The largest absolute Gasteiger partial charge is 0.325 e. The molecule has 1 aromatic carbocycles. The molecule has 2 rings (SSSR count). The van der Waals surface area contributed by atoms with Crippen molar-refractivity contribution < 1.29 is 0 Å². The quantitative estimate of drug-likeness (QED) is 0.897. The summed E-state index contributed by atoms with van der Waals surface area (Å²) in [5.74, 6) is 0.685. The maximum Gasteiger partial charge on any atom is 0.230 e. The fourth-order valence-corrected chi connectivity index (χ4v) is 1.92. The number of rotatable bonds is 3. The summed E-state index contributed by atoms with van der Waals surface area (Å²) in [7, 11) is 1.97. The van der Waals surface area contributed by atoms with Gasteiger partial charge in [0.05, 0.1) is 5.69 Å². The Bertz CT molecular complexity index is 551. The van der Waals surface area contributed by atoms with Gasteiger partial charge in [-0.15, -0.1) is 0 Å². The van der Waals surface area contributed by atoms with Gasteiger partial charge in [0.15, 0.2) is 0 Å². The minimum Gasteiger partial charge on any atom is -0.325 e. The molecule has 0 saturated carbocycles. The van der Waals surface area contributed by atoms with Gasteiger partial charge in [-0.3, -0.25) is 0 Å². The highest BCUT2D eigenvalue weighted by atomic mass is 15.2. The lowest BCUT2D eigenvalue weighted by atomic mass is 10.2. The van der Waals surface area contributed by atoms with Crippen LogP contribution in [0.3, 0.4) is 0 Å². The summed E-state index contributed by atoms with van der Waals surface area (Å²) in [5, 5.41) is 0. The van der Waals surface area contributed by atoms with Gasteiger partial charge in [-0.05, 0) is 31.5 Å². The first-order valence-electron chi connectivity index (χ1n) is 5.96. The van der Waals surface area contributed by atoms with Crippen LogP contribution in [0.5, 0.6) is 0 Å². The number of aryl methyl sites for hydroxylation is 2. The molecule has 0 saturated heterocycles. The van der Waals surface area contributed by atoms with Crippen LogP contribution in [0.1, 0.15) is 17.0 Å². The Morgan fingerprint density at radius 3 is 2.56 bits per heavy atom. The fraction of sp³-hybridized carbons (Fsp3) is 0.286. The molecule has 0 aliphatic carbocycles. The van der Waals surface area contributed by atoms with Crippen LogP contribution >= 0.6 is 0 Å². The van der Waals surface area contributed by atoms with E-state index in [1.54, 1.807) is 0 Å². The number of nitrogens with two attached hydrogens (primary N) is 1. The van der Waals surface area contributed by atoms with Crippen LogP contribution in [-0.2, 0) is 6.54 Å². The van der Waals surface area contributed by atoms with E-state index in [2.05, 4.69) is 29.0 Å². The van der Waals surface area contributed by atoms with Crippen LogP contribution in [0.25, 0.3) is 0 Å². The molecule has 0 aliphatic rings. The molecule has 1 aromatic heterocycles. The number of para-hydroxylation sites is 1. The van der Waals surface area contributed by atoms with E-state index in [1.165, 1.54) is 5.56 Å². The summed E-state index contributed by atoms with van der Waals surface area (Å²) < 4.78 is 0. The third-order valence-electron chi connectivity index (χ3n) is 2.88. The minimum atomic E-state index is 0.429. The molecule has 0 atom stereocenters. The van der Waals surface area contributed by atoms with Crippen LogP contribution in [-0.4, -0.2) is 17.0 Å². The van der Waals surface area contributed by atoms with Gasteiger partial charge in [0.1, 0.15) is 0 Å². The first kappa shape index (κ1) is 12.5. The summed E-state index contributed by atoms with van der Waals surface area (Å²) in [6, 6.07) is 10.1. The molecule has 4 heteroatoms. The highest BCUT2D eigenvalue weighted by Crippen LogP contribution is 2.23. The first-order chi connectivity index (χ1) is 8.61. The zero-order chi connectivity index (χ0) is 13.1. The molecule has 1 heterocycles. The number of anilines is 2. The second-order valence-electron chi connectivity index (χ2n) is 4.35. The van der Waals surface area contributed by atoms with Crippen molar-refractivity contribution in [3.05, 3.63) is 47.3 Å². The van der Waals surface area contributed by atoms with Crippen molar-refractivity contribution in [2.24, 2.45) is 5.73 Å². The highest BCUT2D eigenvalue weighted by Gasteiger charge is 2.10. The SMILES string of the molecule is Cc1cc(CN)nc(N(C)c2ccccc2C)n1. The average molecular weight is 242 g/mol. The lowest BCUT2D eigenvalue weighted by Crippen LogP contribution is -2.16. The topological polar surface area (TPSA) is 55.0 Å². The van der Waals surface area contributed by atoms with E-state index in [4.69, 9.17) is 5.73 Å². The van der Waals surface area contributed by atoms with E-state index < -0.39 is 0 Å². The predicted octanol–water partition coefficient (Wildman–Crippen LogP) is 2.32. The zero-order valence-corrected chi connectivity index (χ0v) is 11.0. The third kappa shape index (κ3) is 2.49. The van der Waals surface area contributed by atoms with Gasteiger partial charge in [-0.1, -0.05) is 18.2 Å². The standard InChI is InChI=1S/C14H18N4/c1-10-6-4-5-7-13(10)18(3)14-16-11(2)8-12(9-15)17-14/h4-8H,9,15H2,1-3H3. The maximum atomic E-state index is 5.65. The number of hydrogen-bond donors (Lipinski definition) is 1. The lowest BCUT2D eigenvalue weighted by Gasteiger charge is -2.20. The molecule has 2 aromatic rings. The molecule has 0 radical (unpaired) electrons. The van der Waals surface area contributed by atoms with Crippen LogP contribution < -0.4 is 10.6 Å². The molecule has 18 heavy (non-hydrogen) atoms. The summed E-state index contributed by atoms with van der Waals surface area (Å²) in [5.41, 5.74) is 9.73. The van der Waals surface area contributed by atoms with Crippen molar-refractivity contribution in [2.75, 3.05) is 11.9 Å². The predicted molar refractivity (Wildman–Crippen MR) is 73.9 cm³/mol. The van der Waals surface area contributed by atoms with Crippen LogP contribution in [0.4, 0.5) is 11.6 Å². The van der Waals surface area contributed by atoms with Crippen molar-refractivity contribution in [3.8, 4) is 0 Å². The van der Waals surface area contributed by atoms with Gasteiger partial charge in [-0.25, -0.2) is 9.97 Å². The molecular weight excluding hydrogens is 224 g/mol. The first-order valence-corrected chi connectivity index (χ1v) is 5.96. The number of aromatic nitrogens is 2. The van der Waals surface area contributed by atoms with Gasteiger partial charge in [0, 0.05) is 25.0 Å². The Morgan fingerprint density at radius 2 is 1.89 bits per heavy atom. The molecule has 4 nitrogen and oxygen atoms in total. The molecule has 0 amide bonds. The Balaban J connectivity index is 2.43. The highest BCUT2D eigenvalue weighted by molar-refractivity contribution is 5.60. The van der Waals surface area contributed by atoms with E-state index in [0.29, 0.717) is 12.5 Å². The van der Waals surface area contributed by atoms with E-state index >= 15 is 0 Å². The number of nitrogens with zero attached hydrogens (tertiary/aromatic N) is 3. The second kappa shape index (κ2) is 5.14. The number of benzene rings is 1. The molecular formula is C14H18N4. The Morgan fingerprint density at radius 1 is 1.17 bits per heavy atom. The fourth-order valence-electron chi connectivity index (χ4n) is 1.92. The van der Waals surface area contributed by atoms with E-state index in [9.17, 15) is 0 Å². The van der Waals surface area contributed by atoms with Gasteiger partial charge in [0.2, 0.25) is 5.95 Å². The normalized spacial score (nSPS) is 10.4. The second-order valence-corrected chi connectivity index (χ2v) is 4.35. The van der Waals surface area contributed by atoms with Gasteiger partial charge in [0.25, 0.3) is 0 Å². The molecule has 0 bridgehead atoms. The van der Waals surface area contributed by atoms with Crippen molar-refractivity contribution in [3.63, 3.8) is 0 Å². The number of hydrogen-bond acceptors (Lipinski definition) is 4. The van der Waals surface area contributed by atoms with Gasteiger partial charge in [-0.2, -0.15) is 0 Å². The zero-order valence-electron chi connectivity index (χ0n) is 11.0. The minimum absolute atomic E-state index is 0.429. The van der Waals surface area contributed by atoms with E-state index in [1.807, 2.05) is 37.1 Å². The van der Waals surface area contributed by atoms with Crippen molar-refractivity contribution in [1.29, 1.82) is 0 Å². The monoisotopic (exact) mass is 242 g/mol. The molecule has 2 N–H and O–H groups in total. The molecule has 94 valence electrons. The maximum absolute atomic E-state index is 5.65. The van der Waals surface area contributed by atoms with Gasteiger partial charge >= 0.3 is 0 Å². The van der Waals surface area contributed by atoms with Crippen LogP contribution in [0.15, 0.2) is 30.3 Å². The van der Waals surface area contributed by atoms with Crippen molar-refractivity contribution >= 4 is 11.6 Å². The van der Waals surface area contributed by atoms with Crippen LogP contribution in [0, 0.1) is 13.8 Å². The summed E-state index contributed by atoms with van der Waals surface area (Å²) in [6.45, 7) is 4.46. The summed E-state index contributed by atoms with van der Waals surface area (Å²) >= 11 is 0. The van der Waals surface area contributed by atoms with Crippen LogP contribution in [0.2, 0.25) is 0 Å². The molecule has 0 aliphatic heterocycles. The van der Waals surface area contributed by atoms with Gasteiger partial charge < -0.3 is 10.6 Å². The van der Waals surface area contributed by atoms with E-state index in [0.717, 1.165) is 17.1 Å². The van der Waals surface area contributed by atoms with Crippen molar-refractivity contribution in [1.82, 2.24) is 9.97 Å². The summed E-state index contributed by atoms with van der Waals surface area (Å²) in [4.78, 5) is 10.9.